The summed E-state index contributed by atoms with van der Waals surface area (Å²) >= 11 is 0. The van der Waals surface area contributed by atoms with Gasteiger partial charge in [-0.3, -0.25) is 9.20 Å². The molecule has 0 aliphatic rings. The number of carbonyl (C=O) groups excluding carboxylic acids is 1. The first-order valence-electron chi connectivity index (χ1n) is 10.5. The van der Waals surface area contributed by atoms with Crippen LogP contribution in [-0.2, 0) is 9.84 Å². The van der Waals surface area contributed by atoms with Crippen molar-refractivity contribution in [3.63, 3.8) is 0 Å². The molecule has 0 saturated heterocycles. The first-order chi connectivity index (χ1) is 15.3. The van der Waals surface area contributed by atoms with Gasteiger partial charge in [0.05, 0.1) is 25.3 Å². The zero-order valence-corrected chi connectivity index (χ0v) is 19.6. The van der Waals surface area contributed by atoms with E-state index in [0.717, 1.165) is 31.1 Å². The van der Waals surface area contributed by atoms with Gasteiger partial charge in [0.1, 0.15) is 0 Å². The molecule has 0 saturated carbocycles. The standard InChI is InChI=1S/C23H29N3O5S/c1-5-6-9-14-31-19-12-11-17(15-20(19)30-3)16(2)24-22(27)21-18-10-7-8-13-26(18)23(25-21)32(4,28)29/h7-8,10-13,15-16H,5-6,9,14H2,1-4H3,(H,24,27). The normalized spacial score (nSPS) is 12.5. The van der Waals surface area contributed by atoms with E-state index >= 15 is 0 Å². The predicted molar refractivity (Wildman–Crippen MR) is 122 cm³/mol. The van der Waals surface area contributed by atoms with E-state index in [9.17, 15) is 13.2 Å². The number of amides is 1. The van der Waals surface area contributed by atoms with Gasteiger partial charge in [-0.2, -0.15) is 0 Å². The molecule has 8 nitrogen and oxygen atoms in total. The van der Waals surface area contributed by atoms with Crippen LogP contribution in [0.3, 0.4) is 0 Å². The summed E-state index contributed by atoms with van der Waals surface area (Å²) < 4.78 is 36.9. The second-order valence-electron chi connectivity index (χ2n) is 7.63. The summed E-state index contributed by atoms with van der Waals surface area (Å²) in [6.45, 7) is 4.59. The summed E-state index contributed by atoms with van der Waals surface area (Å²) in [6, 6.07) is 10.2. The number of aromatic nitrogens is 2. The first-order valence-corrected chi connectivity index (χ1v) is 12.4. The Morgan fingerprint density at radius 1 is 1.19 bits per heavy atom. The van der Waals surface area contributed by atoms with Crippen molar-refractivity contribution in [3.8, 4) is 11.5 Å². The number of rotatable bonds is 10. The van der Waals surface area contributed by atoms with Gasteiger partial charge in [0.15, 0.2) is 17.2 Å². The van der Waals surface area contributed by atoms with Crippen LogP contribution in [0.15, 0.2) is 47.8 Å². The second-order valence-corrected chi connectivity index (χ2v) is 9.54. The lowest BCUT2D eigenvalue weighted by molar-refractivity contribution is 0.0936. The molecule has 0 aliphatic heterocycles. The molecule has 0 spiro atoms. The van der Waals surface area contributed by atoms with Crippen LogP contribution in [0.4, 0.5) is 0 Å². The summed E-state index contributed by atoms with van der Waals surface area (Å²) in [7, 11) is -2.03. The smallest absolute Gasteiger partial charge is 0.272 e. The number of ether oxygens (including phenoxy) is 2. The zero-order valence-electron chi connectivity index (χ0n) is 18.8. The maximum absolute atomic E-state index is 13.0. The summed E-state index contributed by atoms with van der Waals surface area (Å²) in [6.07, 6.45) is 5.84. The molecule has 3 aromatic rings. The average molecular weight is 460 g/mol. The van der Waals surface area contributed by atoms with Crippen LogP contribution in [0.2, 0.25) is 0 Å². The number of carbonyl (C=O) groups is 1. The quantitative estimate of drug-likeness (QED) is 0.463. The van der Waals surface area contributed by atoms with Gasteiger partial charge in [-0.15, -0.1) is 0 Å². The van der Waals surface area contributed by atoms with Crippen molar-refractivity contribution in [3.05, 3.63) is 53.9 Å². The van der Waals surface area contributed by atoms with E-state index in [-0.39, 0.29) is 16.9 Å². The fourth-order valence-electron chi connectivity index (χ4n) is 3.39. The van der Waals surface area contributed by atoms with Gasteiger partial charge in [-0.25, -0.2) is 13.4 Å². The number of unbranched alkanes of at least 4 members (excludes halogenated alkanes) is 2. The summed E-state index contributed by atoms with van der Waals surface area (Å²) in [5.41, 5.74) is 1.30. The molecule has 0 bridgehead atoms. The highest BCUT2D eigenvalue weighted by Crippen LogP contribution is 2.30. The third-order valence-electron chi connectivity index (χ3n) is 5.10. The van der Waals surface area contributed by atoms with E-state index in [4.69, 9.17) is 9.47 Å². The molecule has 0 aliphatic carbocycles. The monoisotopic (exact) mass is 459 g/mol. The number of imidazole rings is 1. The van der Waals surface area contributed by atoms with E-state index in [0.29, 0.717) is 23.6 Å². The summed E-state index contributed by atoms with van der Waals surface area (Å²) in [5, 5.41) is 2.72. The van der Waals surface area contributed by atoms with Crippen LogP contribution in [-0.4, -0.2) is 43.7 Å². The Kier molecular flexibility index (Phi) is 7.40. The molecule has 172 valence electrons. The Morgan fingerprint density at radius 2 is 1.97 bits per heavy atom. The highest BCUT2D eigenvalue weighted by atomic mass is 32.2. The van der Waals surface area contributed by atoms with Crippen LogP contribution < -0.4 is 14.8 Å². The Bertz CT molecular complexity index is 1200. The minimum atomic E-state index is -3.61. The van der Waals surface area contributed by atoms with Crippen molar-refractivity contribution in [1.82, 2.24) is 14.7 Å². The Morgan fingerprint density at radius 3 is 2.66 bits per heavy atom. The molecule has 0 fully saturated rings. The SMILES string of the molecule is CCCCCOc1ccc(C(C)NC(=O)c2nc(S(C)(=O)=O)n3ccccc23)cc1OC. The molecule has 32 heavy (non-hydrogen) atoms. The molecule has 2 heterocycles. The number of sulfone groups is 1. The van der Waals surface area contributed by atoms with Crippen LogP contribution >= 0.6 is 0 Å². The number of fused-ring (bicyclic) bond motifs is 1. The molecule has 2 aromatic heterocycles. The number of nitrogens with zero attached hydrogens (tertiary/aromatic N) is 2. The molecule has 1 aromatic carbocycles. The molecule has 1 atom stereocenters. The Balaban J connectivity index is 1.80. The van der Waals surface area contributed by atoms with Crippen molar-refractivity contribution in [2.24, 2.45) is 0 Å². The van der Waals surface area contributed by atoms with Crippen molar-refractivity contribution in [2.45, 2.75) is 44.3 Å². The van der Waals surface area contributed by atoms with E-state index in [1.54, 1.807) is 31.5 Å². The van der Waals surface area contributed by atoms with Gasteiger partial charge in [0.25, 0.3) is 5.91 Å². The topological polar surface area (TPSA) is 99.0 Å². The van der Waals surface area contributed by atoms with Gasteiger partial charge in [-0.1, -0.05) is 31.9 Å². The minimum Gasteiger partial charge on any atom is -0.493 e. The zero-order chi connectivity index (χ0) is 23.3. The maximum Gasteiger partial charge on any atom is 0.272 e. The van der Waals surface area contributed by atoms with Crippen molar-refractivity contribution < 1.29 is 22.7 Å². The lowest BCUT2D eigenvalue weighted by Crippen LogP contribution is -2.27. The summed E-state index contributed by atoms with van der Waals surface area (Å²) in [5.74, 6) is 0.783. The fraction of sp³-hybridized carbons (Fsp3) is 0.391. The van der Waals surface area contributed by atoms with Crippen molar-refractivity contribution in [2.75, 3.05) is 20.0 Å². The second kappa shape index (κ2) is 10.0. The third-order valence-corrected chi connectivity index (χ3v) is 6.05. The Labute approximate surface area is 188 Å². The average Bonchev–Trinajstić information content (AvgIpc) is 3.17. The van der Waals surface area contributed by atoms with E-state index in [1.165, 1.54) is 4.40 Å². The maximum atomic E-state index is 13.0. The van der Waals surface area contributed by atoms with Crippen LogP contribution in [0.5, 0.6) is 11.5 Å². The van der Waals surface area contributed by atoms with Gasteiger partial charge in [0.2, 0.25) is 15.0 Å². The summed E-state index contributed by atoms with van der Waals surface area (Å²) in [4.78, 5) is 17.1. The number of nitrogens with one attached hydrogen (secondary N) is 1. The number of hydrogen-bond acceptors (Lipinski definition) is 6. The van der Waals surface area contributed by atoms with E-state index < -0.39 is 15.7 Å². The minimum absolute atomic E-state index is 0.0562. The fourth-order valence-corrected chi connectivity index (χ4v) is 4.17. The van der Waals surface area contributed by atoms with Gasteiger partial charge in [0, 0.05) is 12.5 Å². The van der Waals surface area contributed by atoms with Crippen molar-refractivity contribution >= 4 is 21.3 Å². The van der Waals surface area contributed by atoms with Crippen molar-refractivity contribution in [1.29, 1.82) is 0 Å². The number of methoxy groups -OCH3 is 1. The highest BCUT2D eigenvalue weighted by molar-refractivity contribution is 7.90. The van der Waals surface area contributed by atoms with Crippen LogP contribution in [0.1, 0.15) is 55.2 Å². The molecular formula is C23H29N3O5S. The molecule has 1 unspecified atom stereocenters. The number of benzene rings is 1. The molecule has 3 rings (SSSR count). The van der Waals surface area contributed by atoms with E-state index in [1.807, 2.05) is 25.1 Å². The third kappa shape index (κ3) is 5.21. The lowest BCUT2D eigenvalue weighted by atomic mass is 10.1. The molecule has 1 N–H and O–H groups in total. The first kappa shape index (κ1) is 23.6. The van der Waals surface area contributed by atoms with Gasteiger partial charge in [-0.05, 0) is 43.2 Å². The highest BCUT2D eigenvalue weighted by Gasteiger charge is 2.24. The van der Waals surface area contributed by atoms with E-state index in [2.05, 4.69) is 17.2 Å². The largest absolute Gasteiger partial charge is 0.493 e. The predicted octanol–water partition coefficient (Wildman–Crippen LogP) is 3.81. The van der Waals surface area contributed by atoms with Crippen LogP contribution in [0, 0.1) is 0 Å². The Hall–Kier alpha value is -3.07. The molecule has 9 heteroatoms. The number of hydrogen-bond donors (Lipinski definition) is 1. The van der Waals surface area contributed by atoms with Gasteiger partial charge >= 0.3 is 0 Å². The van der Waals surface area contributed by atoms with Crippen LogP contribution in [0.25, 0.3) is 5.52 Å². The number of pyridine rings is 1. The molecule has 1 amide bonds. The lowest BCUT2D eigenvalue weighted by Gasteiger charge is -2.17. The molecular weight excluding hydrogens is 430 g/mol. The van der Waals surface area contributed by atoms with Gasteiger partial charge < -0.3 is 14.8 Å². The molecule has 0 radical (unpaired) electrons.